The van der Waals surface area contributed by atoms with E-state index in [-0.39, 0.29) is 0 Å². The van der Waals surface area contributed by atoms with E-state index in [1.54, 1.807) is 7.11 Å². The predicted molar refractivity (Wildman–Crippen MR) is 73.3 cm³/mol. The van der Waals surface area contributed by atoms with E-state index in [1.807, 2.05) is 42.1 Å². The second kappa shape index (κ2) is 6.24. The summed E-state index contributed by atoms with van der Waals surface area (Å²) in [5, 5.41) is 4.38. The fourth-order valence-corrected chi connectivity index (χ4v) is 1.80. The van der Waals surface area contributed by atoms with Gasteiger partial charge in [0.2, 0.25) is 0 Å². The van der Waals surface area contributed by atoms with Crippen molar-refractivity contribution in [3.8, 4) is 11.5 Å². The largest absolute Gasteiger partial charge is 0.497 e. The van der Waals surface area contributed by atoms with Gasteiger partial charge in [-0.15, -0.1) is 0 Å². The Morgan fingerprint density at radius 1 is 1.21 bits per heavy atom. The molecule has 0 aliphatic carbocycles. The molecule has 0 unspecified atom stereocenters. The van der Waals surface area contributed by atoms with Gasteiger partial charge < -0.3 is 15.2 Å². The maximum Gasteiger partial charge on any atom is 0.119 e. The van der Waals surface area contributed by atoms with Crippen LogP contribution in [-0.2, 0) is 13.1 Å². The summed E-state index contributed by atoms with van der Waals surface area (Å²) in [6.45, 7) is 3.75. The molecule has 0 bridgehead atoms. The highest BCUT2D eigenvalue weighted by Crippen LogP contribution is 2.16. The molecule has 0 atom stereocenters. The summed E-state index contributed by atoms with van der Waals surface area (Å²) in [5.74, 6) is 1.64. The first-order valence-electron chi connectivity index (χ1n) is 6.23. The average Bonchev–Trinajstić information content (AvgIpc) is 2.80. The highest BCUT2D eigenvalue weighted by Gasteiger charge is 2.03. The molecule has 1 aromatic heterocycles. The van der Waals surface area contributed by atoms with Crippen LogP contribution in [0.1, 0.15) is 11.3 Å². The summed E-state index contributed by atoms with van der Waals surface area (Å²) in [7, 11) is 1.64. The van der Waals surface area contributed by atoms with Crippen molar-refractivity contribution in [3.63, 3.8) is 0 Å². The highest BCUT2D eigenvalue weighted by atomic mass is 16.5. The van der Waals surface area contributed by atoms with Crippen LogP contribution in [0.2, 0.25) is 0 Å². The number of hydrogen-bond acceptors (Lipinski definition) is 4. The van der Waals surface area contributed by atoms with E-state index in [2.05, 4.69) is 5.10 Å². The number of aryl methyl sites for hydroxylation is 1. The smallest absolute Gasteiger partial charge is 0.119 e. The first-order valence-corrected chi connectivity index (χ1v) is 6.23. The van der Waals surface area contributed by atoms with Crippen LogP contribution in [0.25, 0.3) is 0 Å². The van der Waals surface area contributed by atoms with Crippen molar-refractivity contribution in [1.29, 1.82) is 0 Å². The third-order valence-corrected chi connectivity index (χ3v) is 2.92. The summed E-state index contributed by atoms with van der Waals surface area (Å²) in [5.41, 5.74) is 7.67. The zero-order chi connectivity index (χ0) is 13.7. The zero-order valence-electron chi connectivity index (χ0n) is 11.3. The fourth-order valence-electron chi connectivity index (χ4n) is 1.80. The lowest BCUT2D eigenvalue weighted by Gasteiger charge is -2.07. The van der Waals surface area contributed by atoms with Gasteiger partial charge in [0.15, 0.2) is 0 Å². The van der Waals surface area contributed by atoms with E-state index in [1.165, 1.54) is 0 Å². The molecule has 0 saturated carbocycles. The van der Waals surface area contributed by atoms with Crippen molar-refractivity contribution in [2.45, 2.75) is 20.0 Å². The van der Waals surface area contributed by atoms with Crippen molar-refractivity contribution in [2.24, 2.45) is 5.73 Å². The van der Waals surface area contributed by atoms with E-state index < -0.39 is 0 Å². The Labute approximate surface area is 112 Å². The topological polar surface area (TPSA) is 62.3 Å². The number of ether oxygens (including phenoxy) is 2. The first kappa shape index (κ1) is 13.4. The normalized spacial score (nSPS) is 10.5. The predicted octanol–water partition coefficient (Wildman–Crippen LogP) is 1.74. The number of aromatic nitrogens is 2. The molecule has 2 N–H and O–H groups in total. The van der Waals surface area contributed by atoms with Crippen LogP contribution in [0.3, 0.4) is 0 Å². The molecule has 1 heterocycles. The summed E-state index contributed by atoms with van der Waals surface area (Å²) >= 11 is 0. The molecule has 2 rings (SSSR count). The summed E-state index contributed by atoms with van der Waals surface area (Å²) < 4.78 is 12.6. The van der Waals surface area contributed by atoms with Crippen LogP contribution in [0.15, 0.2) is 30.5 Å². The molecule has 0 radical (unpaired) electrons. The average molecular weight is 261 g/mol. The standard InChI is InChI=1S/C14H19N3O2/c1-11-12(9-15)10-17(16-11)7-8-19-14-5-3-13(18-2)4-6-14/h3-6,10H,7-9,15H2,1-2H3. The maximum absolute atomic E-state index is 5.64. The van der Waals surface area contributed by atoms with E-state index in [0.717, 1.165) is 22.8 Å². The number of nitrogens with zero attached hydrogens (tertiary/aromatic N) is 2. The van der Waals surface area contributed by atoms with Gasteiger partial charge >= 0.3 is 0 Å². The Balaban J connectivity index is 1.85. The molecule has 5 nitrogen and oxygen atoms in total. The van der Waals surface area contributed by atoms with Crippen molar-refractivity contribution in [3.05, 3.63) is 41.7 Å². The minimum Gasteiger partial charge on any atom is -0.497 e. The van der Waals surface area contributed by atoms with Crippen LogP contribution in [0, 0.1) is 6.92 Å². The van der Waals surface area contributed by atoms with Gasteiger partial charge in [0.25, 0.3) is 0 Å². The molecule has 0 aliphatic heterocycles. The van der Waals surface area contributed by atoms with Crippen LogP contribution >= 0.6 is 0 Å². The third-order valence-electron chi connectivity index (χ3n) is 2.92. The van der Waals surface area contributed by atoms with Gasteiger partial charge in [0, 0.05) is 18.3 Å². The Morgan fingerprint density at radius 3 is 2.47 bits per heavy atom. The van der Waals surface area contributed by atoms with Gasteiger partial charge in [-0.25, -0.2) is 0 Å². The molecule has 2 aromatic rings. The van der Waals surface area contributed by atoms with Crippen molar-refractivity contribution in [2.75, 3.05) is 13.7 Å². The Morgan fingerprint density at radius 2 is 1.89 bits per heavy atom. The molecule has 0 saturated heterocycles. The van der Waals surface area contributed by atoms with E-state index >= 15 is 0 Å². The van der Waals surface area contributed by atoms with Crippen LogP contribution < -0.4 is 15.2 Å². The molecule has 5 heteroatoms. The van der Waals surface area contributed by atoms with Gasteiger partial charge in [0.05, 0.1) is 19.3 Å². The lowest BCUT2D eigenvalue weighted by Crippen LogP contribution is -2.08. The lowest BCUT2D eigenvalue weighted by molar-refractivity contribution is 0.290. The van der Waals surface area contributed by atoms with Crippen molar-refractivity contribution >= 4 is 0 Å². The Hall–Kier alpha value is -2.01. The fraction of sp³-hybridized carbons (Fsp3) is 0.357. The molecule has 0 aliphatic rings. The van der Waals surface area contributed by atoms with Gasteiger partial charge in [0.1, 0.15) is 18.1 Å². The molecule has 19 heavy (non-hydrogen) atoms. The van der Waals surface area contributed by atoms with Crippen LogP contribution in [0.5, 0.6) is 11.5 Å². The number of hydrogen-bond donors (Lipinski definition) is 1. The summed E-state index contributed by atoms with van der Waals surface area (Å²) in [6, 6.07) is 7.52. The van der Waals surface area contributed by atoms with Gasteiger partial charge in [-0.05, 0) is 31.2 Å². The molecular weight excluding hydrogens is 242 g/mol. The second-order valence-corrected chi connectivity index (χ2v) is 4.23. The number of benzene rings is 1. The third kappa shape index (κ3) is 3.48. The van der Waals surface area contributed by atoms with E-state index in [9.17, 15) is 0 Å². The second-order valence-electron chi connectivity index (χ2n) is 4.23. The van der Waals surface area contributed by atoms with Gasteiger partial charge in [-0.1, -0.05) is 0 Å². The minimum absolute atomic E-state index is 0.519. The highest BCUT2D eigenvalue weighted by molar-refractivity contribution is 5.31. The minimum atomic E-state index is 0.519. The molecular formula is C14H19N3O2. The van der Waals surface area contributed by atoms with E-state index in [4.69, 9.17) is 15.2 Å². The van der Waals surface area contributed by atoms with Crippen molar-refractivity contribution < 1.29 is 9.47 Å². The van der Waals surface area contributed by atoms with Gasteiger partial charge in [-0.2, -0.15) is 5.10 Å². The quantitative estimate of drug-likeness (QED) is 0.860. The summed E-state index contributed by atoms with van der Waals surface area (Å²) in [6.07, 6.45) is 1.96. The zero-order valence-corrected chi connectivity index (χ0v) is 11.3. The molecule has 0 amide bonds. The van der Waals surface area contributed by atoms with Gasteiger partial charge in [-0.3, -0.25) is 4.68 Å². The number of methoxy groups -OCH3 is 1. The molecule has 0 spiro atoms. The van der Waals surface area contributed by atoms with Crippen molar-refractivity contribution in [1.82, 2.24) is 9.78 Å². The lowest BCUT2D eigenvalue weighted by atomic mass is 10.3. The Bertz CT molecular complexity index is 520. The molecule has 102 valence electrons. The SMILES string of the molecule is COc1ccc(OCCn2cc(CN)c(C)n2)cc1. The molecule has 0 fully saturated rings. The number of nitrogens with two attached hydrogens (primary N) is 1. The summed E-state index contributed by atoms with van der Waals surface area (Å²) in [4.78, 5) is 0. The molecule has 1 aromatic carbocycles. The van der Waals surface area contributed by atoms with Crippen LogP contribution in [-0.4, -0.2) is 23.5 Å². The monoisotopic (exact) mass is 261 g/mol. The Kier molecular flexibility index (Phi) is 4.41. The first-order chi connectivity index (χ1) is 9.22. The maximum atomic E-state index is 5.64. The number of rotatable bonds is 6. The van der Waals surface area contributed by atoms with E-state index in [0.29, 0.717) is 19.7 Å². The van der Waals surface area contributed by atoms with Crippen LogP contribution in [0.4, 0.5) is 0 Å².